The highest BCUT2D eigenvalue weighted by Gasteiger charge is 2.32. The van der Waals surface area contributed by atoms with Gasteiger partial charge in [0, 0.05) is 18.7 Å². The summed E-state index contributed by atoms with van der Waals surface area (Å²) in [5.41, 5.74) is 0.630. The van der Waals surface area contributed by atoms with E-state index in [-0.39, 0.29) is 5.91 Å². The number of nitrogens with one attached hydrogen (secondary N) is 1. The smallest absolute Gasteiger partial charge is 0.256 e. The second-order valence-corrected chi connectivity index (χ2v) is 6.71. The molecule has 1 heterocycles. The molecule has 1 amide bonds. The Bertz CT molecular complexity index is 732. The number of carbonyl (C=O) groups is 1. The van der Waals surface area contributed by atoms with Crippen LogP contribution >= 0.6 is 0 Å². The van der Waals surface area contributed by atoms with Gasteiger partial charge in [0.2, 0.25) is 0 Å². The number of unbranched alkanes of at least 4 members (excludes halogenated alkanes) is 2. The lowest BCUT2D eigenvalue weighted by molar-refractivity contribution is -0.136. The molecule has 0 saturated heterocycles. The number of ether oxygens (including phenoxy) is 2. The minimum Gasteiger partial charge on any atom is -0.491 e. The van der Waals surface area contributed by atoms with Crippen LogP contribution in [0.3, 0.4) is 0 Å². The molecule has 1 N–H and O–H groups in total. The van der Waals surface area contributed by atoms with E-state index in [1.165, 1.54) is 0 Å². The number of hydrogen-bond donors (Lipinski definition) is 1. The molecule has 0 spiro atoms. The van der Waals surface area contributed by atoms with E-state index in [2.05, 4.69) is 24.1 Å². The van der Waals surface area contributed by atoms with E-state index in [4.69, 9.17) is 9.47 Å². The molecule has 1 atom stereocenters. The summed E-state index contributed by atoms with van der Waals surface area (Å²) in [6, 6.07) is 7.53. The SMILES string of the molecule is CCCCCC(C)(OC)C(=O)Nc1ccc(OCCC)c2ncccc12. The van der Waals surface area contributed by atoms with Crippen LogP contribution in [0.1, 0.15) is 52.9 Å². The Hall–Kier alpha value is -2.14. The van der Waals surface area contributed by atoms with Crippen molar-refractivity contribution < 1.29 is 14.3 Å². The van der Waals surface area contributed by atoms with Crippen molar-refractivity contribution in [1.29, 1.82) is 0 Å². The van der Waals surface area contributed by atoms with Crippen LogP contribution in [0.2, 0.25) is 0 Å². The monoisotopic (exact) mass is 358 g/mol. The Morgan fingerprint density at radius 3 is 2.69 bits per heavy atom. The van der Waals surface area contributed by atoms with E-state index in [0.29, 0.717) is 13.0 Å². The third-order valence-corrected chi connectivity index (χ3v) is 4.63. The lowest BCUT2D eigenvalue weighted by Gasteiger charge is -2.27. The standard InChI is InChI=1S/C21H30N2O3/c1-5-7-8-13-21(3,25-4)20(24)23-17-11-12-18(26-15-6-2)19-16(17)10-9-14-22-19/h9-12,14H,5-8,13,15H2,1-4H3,(H,23,24). The molecule has 0 radical (unpaired) electrons. The van der Waals surface area contributed by atoms with Crippen molar-refractivity contribution in [2.24, 2.45) is 0 Å². The first kappa shape index (κ1) is 20.2. The maximum atomic E-state index is 12.9. The minimum absolute atomic E-state index is 0.136. The van der Waals surface area contributed by atoms with Gasteiger partial charge in [-0.15, -0.1) is 0 Å². The molecule has 0 aliphatic carbocycles. The van der Waals surface area contributed by atoms with Crippen molar-refractivity contribution in [3.8, 4) is 5.75 Å². The highest BCUT2D eigenvalue weighted by molar-refractivity contribution is 6.05. The summed E-state index contributed by atoms with van der Waals surface area (Å²) in [7, 11) is 1.59. The van der Waals surface area contributed by atoms with Crippen LogP contribution in [0.4, 0.5) is 5.69 Å². The lowest BCUT2D eigenvalue weighted by Crippen LogP contribution is -2.42. The van der Waals surface area contributed by atoms with Gasteiger partial charge in [-0.2, -0.15) is 0 Å². The molecule has 0 bridgehead atoms. The fourth-order valence-electron chi connectivity index (χ4n) is 2.86. The molecule has 26 heavy (non-hydrogen) atoms. The molecule has 1 aromatic heterocycles. The number of methoxy groups -OCH3 is 1. The first-order valence-corrected chi connectivity index (χ1v) is 9.42. The predicted octanol–water partition coefficient (Wildman–Crippen LogP) is 4.95. The molecule has 0 saturated carbocycles. The van der Waals surface area contributed by atoms with Gasteiger partial charge >= 0.3 is 0 Å². The molecule has 0 fully saturated rings. The number of anilines is 1. The second-order valence-electron chi connectivity index (χ2n) is 6.71. The van der Waals surface area contributed by atoms with Gasteiger partial charge in [0.05, 0.1) is 12.3 Å². The first-order chi connectivity index (χ1) is 12.6. The number of fused-ring (bicyclic) bond motifs is 1. The second kappa shape index (κ2) is 9.53. The van der Waals surface area contributed by atoms with E-state index >= 15 is 0 Å². The minimum atomic E-state index is -0.846. The Morgan fingerprint density at radius 2 is 2.00 bits per heavy atom. The maximum absolute atomic E-state index is 12.9. The van der Waals surface area contributed by atoms with Gasteiger partial charge in [-0.25, -0.2) is 0 Å². The van der Waals surface area contributed by atoms with Crippen molar-refractivity contribution >= 4 is 22.5 Å². The highest BCUT2D eigenvalue weighted by Crippen LogP contribution is 2.31. The van der Waals surface area contributed by atoms with Crippen LogP contribution in [0.5, 0.6) is 5.75 Å². The van der Waals surface area contributed by atoms with Crippen LogP contribution in [-0.2, 0) is 9.53 Å². The van der Waals surface area contributed by atoms with Gasteiger partial charge in [0.25, 0.3) is 5.91 Å². The topological polar surface area (TPSA) is 60.5 Å². The summed E-state index contributed by atoms with van der Waals surface area (Å²) in [4.78, 5) is 17.3. The maximum Gasteiger partial charge on any atom is 0.256 e. The zero-order valence-electron chi connectivity index (χ0n) is 16.3. The third kappa shape index (κ3) is 4.73. The molecule has 5 heteroatoms. The van der Waals surface area contributed by atoms with E-state index in [9.17, 15) is 4.79 Å². The first-order valence-electron chi connectivity index (χ1n) is 9.42. The fraction of sp³-hybridized carbons (Fsp3) is 0.524. The van der Waals surface area contributed by atoms with E-state index in [0.717, 1.165) is 48.0 Å². The summed E-state index contributed by atoms with van der Waals surface area (Å²) < 4.78 is 11.3. The van der Waals surface area contributed by atoms with Crippen LogP contribution in [0.25, 0.3) is 10.9 Å². The Labute approximate surface area is 156 Å². The van der Waals surface area contributed by atoms with Crippen molar-refractivity contribution in [1.82, 2.24) is 4.98 Å². The van der Waals surface area contributed by atoms with Crippen molar-refractivity contribution in [3.05, 3.63) is 30.5 Å². The summed E-state index contributed by atoms with van der Waals surface area (Å²) in [6.45, 7) is 6.69. The van der Waals surface area contributed by atoms with E-state index in [1.807, 2.05) is 31.2 Å². The molecule has 0 aliphatic heterocycles. The quantitative estimate of drug-likeness (QED) is 0.611. The number of rotatable bonds is 10. The van der Waals surface area contributed by atoms with Gasteiger partial charge in [-0.3, -0.25) is 9.78 Å². The number of aromatic nitrogens is 1. The van der Waals surface area contributed by atoms with Crippen LogP contribution in [-0.4, -0.2) is 30.2 Å². The van der Waals surface area contributed by atoms with Gasteiger partial charge in [0.1, 0.15) is 16.9 Å². The summed E-state index contributed by atoms with van der Waals surface area (Å²) in [6.07, 6.45) is 6.50. The molecule has 1 aromatic carbocycles. The van der Waals surface area contributed by atoms with E-state index < -0.39 is 5.60 Å². The van der Waals surface area contributed by atoms with Crippen molar-refractivity contribution in [2.45, 2.75) is 58.5 Å². The molecular weight excluding hydrogens is 328 g/mol. The normalized spacial score (nSPS) is 13.4. The number of hydrogen-bond acceptors (Lipinski definition) is 4. The largest absolute Gasteiger partial charge is 0.491 e. The summed E-state index contributed by atoms with van der Waals surface area (Å²) in [5, 5.41) is 3.89. The highest BCUT2D eigenvalue weighted by atomic mass is 16.5. The van der Waals surface area contributed by atoms with Crippen LogP contribution in [0.15, 0.2) is 30.5 Å². The Balaban J connectivity index is 2.25. The number of nitrogens with zero attached hydrogens (tertiary/aromatic N) is 1. The predicted molar refractivity (Wildman–Crippen MR) is 106 cm³/mol. The third-order valence-electron chi connectivity index (χ3n) is 4.63. The number of amides is 1. The van der Waals surface area contributed by atoms with Gasteiger partial charge in [0.15, 0.2) is 0 Å². The summed E-state index contributed by atoms with van der Waals surface area (Å²) >= 11 is 0. The van der Waals surface area contributed by atoms with Crippen molar-refractivity contribution in [3.63, 3.8) is 0 Å². The zero-order valence-corrected chi connectivity index (χ0v) is 16.3. The molecule has 142 valence electrons. The summed E-state index contributed by atoms with van der Waals surface area (Å²) in [5.74, 6) is 0.599. The van der Waals surface area contributed by atoms with Gasteiger partial charge < -0.3 is 14.8 Å². The molecule has 5 nitrogen and oxygen atoms in total. The molecule has 2 rings (SSSR count). The zero-order chi connectivity index (χ0) is 19.0. The average molecular weight is 358 g/mol. The Morgan fingerprint density at radius 1 is 1.19 bits per heavy atom. The number of carbonyl (C=O) groups excluding carboxylic acids is 1. The van der Waals surface area contributed by atoms with Crippen LogP contribution in [0, 0.1) is 0 Å². The number of pyridine rings is 1. The number of benzene rings is 1. The Kier molecular flexibility index (Phi) is 7.39. The van der Waals surface area contributed by atoms with Gasteiger partial charge in [-0.1, -0.05) is 33.1 Å². The molecular formula is C21H30N2O3. The van der Waals surface area contributed by atoms with E-state index in [1.54, 1.807) is 13.3 Å². The van der Waals surface area contributed by atoms with Gasteiger partial charge in [-0.05, 0) is 44.0 Å². The lowest BCUT2D eigenvalue weighted by atomic mass is 9.96. The average Bonchev–Trinajstić information content (AvgIpc) is 2.67. The molecule has 0 aliphatic rings. The fourth-order valence-corrected chi connectivity index (χ4v) is 2.86. The molecule has 2 aromatic rings. The van der Waals surface area contributed by atoms with Crippen molar-refractivity contribution in [2.75, 3.05) is 19.0 Å². The molecule has 1 unspecified atom stereocenters. The van der Waals surface area contributed by atoms with Crippen LogP contribution < -0.4 is 10.1 Å².